The third-order valence-corrected chi connectivity index (χ3v) is 5.81. The molecule has 0 spiro atoms. The van der Waals surface area contributed by atoms with Crippen LogP contribution in [-0.4, -0.2) is 28.8 Å². The van der Waals surface area contributed by atoms with E-state index in [1.807, 2.05) is 54.6 Å². The molecule has 0 aliphatic carbocycles. The number of aromatic hydroxyl groups is 1. The third kappa shape index (κ3) is 6.43. The number of aromatic nitrogens is 1. The van der Waals surface area contributed by atoms with Crippen LogP contribution in [0.2, 0.25) is 0 Å². The van der Waals surface area contributed by atoms with Gasteiger partial charge in [0.25, 0.3) is 0 Å². The number of anilines is 1. The summed E-state index contributed by atoms with van der Waals surface area (Å²) < 4.78 is 0. The van der Waals surface area contributed by atoms with E-state index in [0.717, 1.165) is 52.6 Å². The van der Waals surface area contributed by atoms with Crippen molar-refractivity contribution in [2.24, 2.45) is 0 Å². The molecule has 0 unspecified atom stereocenters. The van der Waals surface area contributed by atoms with E-state index in [-0.39, 0.29) is 23.6 Å². The highest BCUT2D eigenvalue weighted by Gasteiger charge is 2.07. The van der Waals surface area contributed by atoms with Crippen molar-refractivity contribution in [2.75, 3.05) is 11.9 Å². The lowest BCUT2D eigenvalue weighted by Gasteiger charge is -2.10. The molecule has 4 N–H and O–H groups in total. The summed E-state index contributed by atoms with van der Waals surface area (Å²) in [7, 11) is 0. The van der Waals surface area contributed by atoms with Crippen LogP contribution in [0, 0.1) is 0 Å². The zero-order valence-corrected chi connectivity index (χ0v) is 19.2. The van der Waals surface area contributed by atoms with Crippen LogP contribution >= 0.6 is 0 Å². The fourth-order valence-electron chi connectivity index (χ4n) is 3.96. The van der Waals surface area contributed by atoms with Gasteiger partial charge in [-0.3, -0.25) is 9.59 Å². The van der Waals surface area contributed by atoms with Crippen molar-refractivity contribution < 1.29 is 14.7 Å². The number of amides is 1. The number of pyridine rings is 1. The van der Waals surface area contributed by atoms with Crippen LogP contribution < -0.4 is 16.2 Å². The topological polar surface area (TPSA) is 111 Å². The zero-order valence-electron chi connectivity index (χ0n) is 19.2. The summed E-state index contributed by atoms with van der Waals surface area (Å²) in [6.45, 7) is 1.40. The molecule has 0 fully saturated rings. The standard InChI is InChI=1S/C28H27N3O4/c32-16-14-19-1-3-20(4-2-19)17-27(35)30-23-8-5-21(6-9-23)18-29-15-13-22-7-11-25(33)28-24(22)10-12-26(34)31-28/h1-12,16,29,33H,13-15,17-18H2,(H,30,35)(H,31,34). The summed E-state index contributed by atoms with van der Waals surface area (Å²) in [6, 6.07) is 21.8. The molecule has 4 aromatic rings. The van der Waals surface area contributed by atoms with Crippen molar-refractivity contribution >= 4 is 28.8 Å². The SMILES string of the molecule is O=CCc1ccc(CC(=O)Nc2ccc(CNCCc3ccc(O)c4[nH]c(=O)ccc34)cc2)cc1. The fourth-order valence-corrected chi connectivity index (χ4v) is 3.96. The second kappa shape index (κ2) is 11.3. The summed E-state index contributed by atoms with van der Waals surface area (Å²) in [5.41, 5.74) is 4.91. The normalized spacial score (nSPS) is 10.9. The highest BCUT2D eigenvalue weighted by atomic mass is 16.3. The average molecular weight is 470 g/mol. The van der Waals surface area contributed by atoms with Crippen LogP contribution in [0.25, 0.3) is 10.9 Å². The van der Waals surface area contributed by atoms with Crippen molar-refractivity contribution in [1.29, 1.82) is 0 Å². The van der Waals surface area contributed by atoms with E-state index >= 15 is 0 Å². The van der Waals surface area contributed by atoms with Gasteiger partial charge in [0.1, 0.15) is 12.0 Å². The first-order chi connectivity index (χ1) is 17.0. The minimum Gasteiger partial charge on any atom is -0.506 e. The van der Waals surface area contributed by atoms with Crippen LogP contribution in [0.15, 0.2) is 77.6 Å². The largest absolute Gasteiger partial charge is 0.506 e. The quantitative estimate of drug-likeness (QED) is 0.210. The van der Waals surface area contributed by atoms with Crippen LogP contribution in [0.1, 0.15) is 22.3 Å². The molecule has 3 aromatic carbocycles. The first-order valence-electron chi connectivity index (χ1n) is 11.5. The minimum atomic E-state index is -0.243. The van der Waals surface area contributed by atoms with Crippen molar-refractivity contribution in [3.05, 3.63) is 105 Å². The van der Waals surface area contributed by atoms with E-state index in [1.165, 1.54) is 6.07 Å². The van der Waals surface area contributed by atoms with Gasteiger partial charge in [0, 0.05) is 30.1 Å². The van der Waals surface area contributed by atoms with Crippen molar-refractivity contribution in [3.8, 4) is 5.75 Å². The molecule has 1 amide bonds. The molecule has 4 rings (SSSR count). The first-order valence-corrected chi connectivity index (χ1v) is 11.5. The predicted octanol–water partition coefficient (Wildman–Crippen LogP) is 3.49. The molecular weight excluding hydrogens is 442 g/mol. The summed E-state index contributed by atoms with van der Waals surface area (Å²) in [5.74, 6) is -0.0319. The van der Waals surface area contributed by atoms with Gasteiger partial charge < -0.3 is 25.5 Å². The van der Waals surface area contributed by atoms with E-state index in [9.17, 15) is 19.5 Å². The number of hydrogen-bond donors (Lipinski definition) is 4. The van der Waals surface area contributed by atoms with Crippen LogP contribution in [0.5, 0.6) is 5.75 Å². The maximum atomic E-state index is 12.3. The molecule has 0 radical (unpaired) electrons. The Kier molecular flexibility index (Phi) is 7.70. The number of aromatic amines is 1. The van der Waals surface area contributed by atoms with E-state index in [0.29, 0.717) is 18.5 Å². The van der Waals surface area contributed by atoms with Gasteiger partial charge >= 0.3 is 0 Å². The number of aldehydes is 1. The number of carbonyl (C=O) groups is 2. The molecule has 0 saturated heterocycles. The van der Waals surface area contributed by atoms with Gasteiger partial charge in [-0.15, -0.1) is 0 Å². The highest BCUT2D eigenvalue weighted by molar-refractivity contribution is 5.92. The molecule has 1 aromatic heterocycles. The first kappa shape index (κ1) is 23.9. The fraction of sp³-hybridized carbons (Fsp3) is 0.179. The number of rotatable bonds is 10. The lowest BCUT2D eigenvalue weighted by atomic mass is 10.0. The Morgan fingerprint density at radius 1 is 0.886 bits per heavy atom. The lowest BCUT2D eigenvalue weighted by Crippen LogP contribution is -2.17. The maximum Gasteiger partial charge on any atom is 0.248 e. The van der Waals surface area contributed by atoms with Gasteiger partial charge in [0.2, 0.25) is 11.5 Å². The number of phenols is 1. The average Bonchev–Trinajstić information content (AvgIpc) is 2.85. The second-order valence-corrected chi connectivity index (χ2v) is 8.39. The number of phenolic OH excluding ortho intramolecular Hbond substituents is 1. The van der Waals surface area contributed by atoms with Gasteiger partial charge in [-0.25, -0.2) is 0 Å². The Morgan fingerprint density at radius 2 is 1.60 bits per heavy atom. The second-order valence-electron chi connectivity index (χ2n) is 8.39. The Balaban J connectivity index is 1.25. The Hall–Kier alpha value is -4.23. The minimum absolute atomic E-state index is 0.0640. The maximum absolute atomic E-state index is 12.3. The zero-order chi connectivity index (χ0) is 24.6. The molecule has 7 nitrogen and oxygen atoms in total. The van der Waals surface area contributed by atoms with Gasteiger partial charge in [-0.1, -0.05) is 42.5 Å². The van der Waals surface area contributed by atoms with Gasteiger partial charge in [-0.05, 0) is 59.5 Å². The summed E-state index contributed by atoms with van der Waals surface area (Å²) in [4.78, 5) is 37.1. The summed E-state index contributed by atoms with van der Waals surface area (Å²) >= 11 is 0. The van der Waals surface area contributed by atoms with Crippen LogP contribution in [-0.2, 0) is 35.4 Å². The van der Waals surface area contributed by atoms with E-state index < -0.39 is 0 Å². The van der Waals surface area contributed by atoms with Gasteiger partial charge in [-0.2, -0.15) is 0 Å². The molecule has 0 bridgehead atoms. The Bertz CT molecular complexity index is 1380. The van der Waals surface area contributed by atoms with Crippen molar-refractivity contribution in [2.45, 2.75) is 25.8 Å². The summed E-state index contributed by atoms with van der Waals surface area (Å²) in [6.07, 6.45) is 2.25. The van der Waals surface area contributed by atoms with Crippen molar-refractivity contribution in [3.63, 3.8) is 0 Å². The van der Waals surface area contributed by atoms with E-state index in [4.69, 9.17) is 0 Å². The number of carbonyl (C=O) groups excluding carboxylic acids is 2. The van der Waals surface area contributed by atoms with Crippen LogP contribution in [0.4, 0.5) is 5.69 Å². The molecular formula is C28H27N3O4. The summed E-state index contributed by atoms with van der Waals surface area (Å²) in [5, 5.41) is 17.1. The molecule has 0 saturated carbocycles. The number of nitrogens with one attached hydrogen (secondary N) is 3. The molecule has 0 atom stereocenters. The Labute approximate surface area is 202 Å². The number of hydrogen-bond acceptors (Lipinski definition) is 5. The monoisotopic (exact) mass is 469 g/mol. The Morgan fingerprint density at radius 3 is 2.34 bits per heavy atom. The van der Waals surface area contributed by atoms with Gasteiger partial charge in [0.05, 0.1) is 11.9 Å². The molecule has 35 heavy (non-hydrogen) atoms. The van der Waals surface area contributed by atoms with Crippen molar-refractivity contribution in [1.82, 2.24) is 10.3 Å². The number of H-pyrrole nitrogens is 1. The molecule has 1 heterocycles. The number of fused-ring (bicyclic) bond motifs is 1. The smallest absolute Gasteiger partial charge is 0.248 e. The number of benzene rings is 3. The third-order valence-electron chi connectivity index (χ3n) is 5.81. The van der Waals surface area contributed by atoms with Gasteiger partial charge in [0.15, 0.2) is 0 Å². The van der Waals surface area contributed by atoms with E-state index in [2.05, 4.69) is 15.6 Å². The molecule has 178 valence electrons. The van der Waals surface area contributed by atoms with Crippen LogP contribution in [0.3, 0.4) is 0 Å². The molecule has 0 aliphatic heterocycles. The highest BCUT2D eigenvalue weighted by Crippen LogP contribution is 2.24. The lowest BCUT2D eigenvalue weighted by molar-refractivity contribution is -0.115. The van der Waals surface area contributed by atoms with E-state index in [1.54, 1.807) is 12.1 Å². The molecule has 7 heteroatoms. The predicted molar refractivity (Wildman–Crippen MR) is 137 cm³/mol. The molecule has 0 aliphatic rings.